The monoisotopic (exact) mass is 211 g/mol. The zero-order chi connectivity index (χ0) is 11.5. The van der Waals surface area contributed by atoms with E-state index in [-0.39, 0.29) is 11.3 Å². The number of carbonyl (C=O) groups is 1. The van der Waals surface area contributed by atoms with Gasteiger partial charge in [0.05, 0.1) is 5.70 Å². The second-order valence-corrected chi connectivity index (χ2v) is 5.04. The fraction of sp³-hybridized carbons (Fsp3) is 0.727. The number of carbonyl (C=O) groups excluding carboxylic acids is 1. The van der Waals surface area contributed by atoms with Gasteiger partial charge in [-0.25, -0.2) is 0 Å². The van der Waals surface area contributed by atoms with Gasteiger partial charge in [0.25, 0.3) is 0 Å². The van der Waals surface area contributed by atoms with Crippen LogP contribution >= 0.6 is 0 Å². The molecule has 0 spiro atoms. The minimum Gasteiger partial charge on any atom is -0.401 e. The summed E-state index contributed by atoms with van der Waals surface area (Å²) < 4.78 is 0. The van der Waals surface area contributed by atoms with E-state index in [1.54, 1.807) is 0 Å². The highest BCUT2D eigenvalue weighted by Gasteiger charge is 2.21. The Balaban J connectivity index is 2.47. The molecular formula is C11H21N3O. The van der Waals surface area contributed by atoms with Crippen LogP contribution in [0.15, 0.2) is 11.4 Å². The predicted octanol–water partition coefficient (Wildman–Crippen LogP) is 1.40. The minimum absolute atomic E-state index is 0.0200. The maximum Gasteiger partial charge on any atom is 0.243 e. The van der Waals surface area contributed by atoms with Crippen molar-refractivity contribution in [2.24, 2.45) is 11.1 Å². The topological polar surface area (TPSA) is 67.2 Å². The molecule has 0 bridgehead atoms. The summed E-state index contributed by atoms with van der Waals surface area (Å²) in [6.45, 7) is 5.63. The van der Waals surface area contributed by atoms with Gasteiger partial charge < -0.3 is 11.2 Å². The summed E-state index contributed by atoms with van der Waals surface area (Å²) in [5, 5.41) is 0. The van der Waals surface area contributed by atoms with Gasteiger partial charge in [0, 0.05) is 11.1 Å². The van der Waals surface area contributed by atoms with Gasteiger partial charge in [0.15, 0.2) is 0 Å². The molecule has 0 saturated carbocycles. The van der Waals surface area contributed by atoms with Gasteiger partial charge in [-0.1, -0.05) is 20.8 Å². The van der Waals surface area contributed by atoms with Crippen molar-refractivity contribution in [3.63, 3.8) is 0 Å². The first-order valence-corrected chi connectivity index (χ1v) is 5.45. The van der Waals surface area contributed by atoms with Crippen molar-refractivity contribution in [3.05, 3.63) is 11.4 Å². The highest BCUT2D eigenvalue weighted by molar-refractivity contribution is 5.80. The van der Waals surface area contributed by atoms with Gasteiger partial charge in [0.1, 0.15) is 0 Å². The van der Waals surface area contributed by atoms with Crippen molar-refractivity contribution in [3.8, 4) is 0 Å². The lowest BCUT2D eigenvalue weighted by molar-refractivity contribution is -0.129. The van der Waals surface area contributed by atoms with Crippen molar-refractivity contribution >= 4 is 5.91 Å². The van der Waals surface area contributed by atoms with Gasteiger partial charge in [-0.3, -0.25) is 10.2 Å². The van der Waals surface area contributed by atoms with Crippen molar-refractivity contribution < 1.29 is 4.79 Å². The molecule has 0 aromatic carbocycles. The first-order valence-electron chi connectivity index (χ1n) is 5.45. The summed E-state index contributed by atoms with van der Waals surface area (Å²) in [5.41, 5.74) is 12.9. The summed E-state index contributed by atoms with van der Waals surface area (Å²) in [4.78, 5) is 11.6. The van der Waals surface area contributed by atoms with Gasteiger partial charge in [0.2, 0.25) is 5.91 Å². The molecule has 0 radical (unpaired) electrons. The van der Waals surface area contributed by atoms with Crippen LogP contribution in [0.1, 0.15) is 46.5 Å². The van der Waals surface area contributed by atoms with Crippen molar-refractivity contribution in [1.82, 2.24) is 10.9 Å². The average molecular weight is 211 g/mol. The molecule has 4 nitrogen and oxygen atoms in total. The van der Waals surface area contributed by atoms with E-state index in [2.05, 4.69) is 10.9 Å². The number of hydrazine groups is 1. The molecule has 0 saturated heterocycles. The van der Waals surface area contributed by atoms with Gasteiger partial charge >= 0.3 is 0 Å². The highest BCUT2D eigenvalue weighted by atomic mass is 16.2. The molecule has 0 aliphatic heterocycles. The molecule has 1 aliphatic rings. The van der Waals surface area contributed by atoms with Crippen LogP contribution in [0.3, 0.4) is 0 Å². The number of nitrogens with one attached hydrogen (secondary N) is 2. The van der Waals surface area contributed by atoms with E-state index in [1.165, 1.54) is 0 Å². The Morgan fingerprint density at radius 3 is 2.40 bits per heavy atom. The second-order valence-electron chi connectivity index (χ2n) is 5.04. The molecule has 86 valence electrons. The maximum absolute atomic E-state index is 11.6. The molecule has 0 fully saturated rings. The quantitative estimate of drug-likeness (QED) is 0.605. The van der Waals surface area contributed by atoms with E-state index in [9.17, 15) is 4.79 Å². The number of rotatable bonds is 2. The van der Waals surface area contributed by atoms with E-state index in [0.29, 0.717) is 0 Å². The van der Waals surface area contributed by atoms with Crippen LogP contribution in [-0.2, 0) is 4.79 Å². The number of hydrogen-bond acceptors (Lipinski definition) is 3. The lowest BCUT2D eigenvalue weighted by Gasteiger charge is -2.22. The number of hydrogen-bond donors (Lipinski definition) is 3. The Morgan fingerprint density at radius 2 is 1.87 bits per heavy atom. The fourth-order valence-electron chi connectivity index (χ4n) is 1.39. The minimum atomic E-state index is -0.378. The van der Waals surface area contributed by atoms with Gasteiger partial charge in [-0.05, 0) is 25.7 Å². The molecular weight excluding hydrogens is 190 g/mol. The van der Waals surface area contributed by atoms with Crippen LogP contribution in [0, 0.1) is 5.41 Å². The predicted molar refractivity (Wildman–Crippen MR) is 60.4 cm³/mol. The van der Waals surface area contributed by atoms with Crippen LogP contribution in [0.4, 0.5) is 0 Å². The molecule has 4 N–H and O–H groups in total. The molecule has 15 heavy (non-hydrogen) atoms. The molecule has 0 atom stereocenters. The molecule has 0 unspecified atom stereocenters. The van der Waals surface area contributed by atoms with Crippen molar-refractivity contribution in [2.75, 3.05) is 0 Å². The van der Waals surface area contributed by atoms with Crippen molar-refractivity contribution in [1.29, 1.82) is 0 Å². The van der Waals surface area contributed by atoms with E-state index in [1.807, 2.05) is 20.8 Å². The summed E-state index contributed by atoms with van der Waals surface area (Å²) in [5.74, 6) is -0.0200. The Labute approximate surface area is 91.3 Å². The third-order valence-electron chi connectivity index (χ3n) is 2.52. The first-order chi connectivity index (χ1) is 6.91. The fourth-order valence-corrected chi connectivity index (χ4v) is 1.39. The molecule has 1 rings (SSSR count). The molecule has 0 aromatic rings. The van der Waals surface area contributed by atoms with Crippen LogP contribution < -0.4 is 16.6 Å². The zero-order valence-electron chi connectivity index (χ0n) is 9.81. The van der Waals surface area contributed by atoms with E-state index in [0.717, 1.165) is 37.1 Å². The molecule has 0 heterocycles. The normalized spacial score (nSPS) is 17.5. The van der Waals surface area contributed by atoms with Crippen molar-refractivity contribution in [2.45, 2.75) is 46.5 Å². The van der Waals surface area contributed by atoms with E-state index < -0.39 is 0 Å². The molecule has 0 aromatic heterocycles. The average Bonchev–Trinajstić information content (AvgIpc) is 2.14. The van der Waals surface area contributed by atoms with Crippen LogP contribution in [0.25, 0.3) is 0 Å². The zero-order valence-corrected chi connectivity index (χ0v) is 9.81. The van der Waals surface area contributed by atoms with E-state index >= 15 is 0 Å². The first kappa shape index (κ1) is 11.9. The maximum atomic E-state index is 11.6. The Bertz CT molecular complexity index is 276. The number of amides is 1. The standard InChI is InChI=1S/C11H21N3O/c1-11(2,3)10(15)14-13-9-7-5-4-6-8(9)12/h13H,4-7,12H2,1-3H3,(H,14,15). The lowest BCUT2D eigenvalue weighted by atomic mass is 9.96. The summed E-state index contributed by atoms with van der Waals surface area (Å²) in [6, 6.07) is 0. The highest BCUT2D eigenvalue weighted by Crippen LogP contribution is 2.19. The smallest absolute Gasteiger partial charge is 0.243 e. The molecule has 4 heteroatoms. The second kappa shape index (κ2) is 4.55. The van der Waals surface area contributed by atoms with E-state index in [4.69, 9.17) is 5.73 Å². The van der Waals surface area contributed by atoms with Crippen LogP contribution in [-0.4, -0.2) is 5.91 Å². The molecule has 1 aliphatic carbocycles. The largest absolute Gasteiger partial charge is 0.401 e. The summed E-state index contributed by atoms with van der Waals surface area (Å²) >= 11 is 0. The SMILES string of the molecule is CC(C)(C)C(=O)NNC1=C(N)CCCC1. The number of nitrogens with two attached hydrogens (primary N) is 1. The Kier molecular flexibility index (Phi) is 3.61. The number of allylic oxidation sites excluding steroid dienone is 2. The van der Waals surface area contributed by atoms with Gasteiger partial charge in [-0.15, -0.1) is 0 Å². The summed E-state index contributed by atoms with van der Waals surface area (Å²) in [7, 11) is 0. The third kappa shape index (κ3) is 3.46. The Morgan fingerprint density at radius 1 is 1.27 bits per heavy atom. The third-order valence-corrected chi connectivity index (χ3v) is 2.52. The van der Waals surface area contributed by atoms with Crippen LogP contribution in [0.2, 0.25) is 0 Å². The Hall–Kier alpha value is -1.19. The van der Waals surface area contributed by atoms with Crippen LogP contribution in [0.5, 0.6) is 0 Å². The van der Waals surface area contributed by atoms with Gasteiger partial charge in [-0.2, -0.15) is 0 Å². The molecule has 1 amide bonds. The summed E-state index contributed by atoms with van der Waals surface area (Å²) in [6.07, 6.45) is 4.13. The lowest BCUT2D eigenvalue weighted by Crippen LogP contribution is -2.44.